The van der Waals surface area contributed by atoms with Crippen LogP contribution in [0.15, 0.2) is 23.3 Å². The molecule has 0 saturated heterocycles. The lowest BCUT2D eigenvalue weighted by Crippen LogP contribution is -2.32. The largest absolute Gasteiger partial charge is 0.502 e. The van der Waals surface area contributed by atoms with Gasteiger partial charge in [0.1, 0.15) is 5.69 Å². The van der Waals surface area contributed by atoms with Crippen LogP contribution < -0.4 is 4.90 Å². The first-order valence-electron chi connectivity index (χ1n) is 7.01. The molecule has 0 bridgehead atoms. The molecule has 0 fully saturated rings. The number of phenols is 1. The van der Waals surface area contributed by atoms with Crippen LogP contribution in [0.4, 0.5) is 11.4 Å². The number of nitro benzene ring substituents is 1. The lowest BCUT2D eigenvalue weighted by atomic mass is 9.93. The Hall–Kier alpha value is -2.70. The molecular formula is C15H14N2O5. The number of nitrogens with zero attached hydrogens (tertiary/aromatic N) is 2. The Balaban J connectivity index is 2.14. The van der Waals surface area contributed by atoms with E-state index in [4.69, 9.17) is 0 Å². The number of amides is 2. The number of carbonyl (C=O) groups excluding carboxylic acids is 2. The van der Waals surface area contributed by atoms with Gasteiger partial charge in [0.15, 0.2) is 5.75 Å². The maximum Gasteiger partial charge on any atom is 0.334 e. The van der Waals surface area contributed by atoms with Crippen molar-refractivity contribution >= 4 is 23.2 Å². The molecule has 1 aromatic rings. The number of hydrogen-bond donors (Lipinski definition) is 1. The van der Waals surface area contributed by atoms with Crippen LogP contribution in [0, 0.1) is 17.0 Å². The van der Waals surface area contributed by atoms with Gasteiger partial charge in [-0.1, -0.05) is 6.07 Å². The molecule has 1 aliphatic carbocycles. The number of carbonyl (C=O) groups is 2. The Morgan fingerprint density at radius 1 is 1.14 bits per heavy atom. The van der Waals surface area contributed by atoms with Crippen LogP contribution in [0.2, 0.25) is 0 Å². The zero-order valence-corrected chi connectivity index (χ0v) is 12.0. The van der Waals surface area contributed by atoms with Gasteiger partial charge in [0, 0.05) is 11.1 Å². The number of aromatic hydroxyl groups is 1. The summed E-state index contributed by atoms with van der Waals surface area (Å²) in [5.74, 6) is -1.54. The van der Waals surface area contributed by atoms with Crippen molar-refractivity contribution in [2.24, 2.45) is 0 Å². The standard InChI is InChI=1S/C15H14N2O5/c1-8-6-7-11(12(13(8)18)17(21)22)16-14(19)9-4-2-3-5-10(9)15(16)20/h6-7,18H,2-5H2,1H3. The first kappa shape index (κ1) is 14.2. The Labute approximate surface area is 126 Å². The van der Waals surface area contributed by atoms with Crippen molar-refractivity contribution in [3.63, 3.8) is 0 Å². The van der Waals surface area contributed by atoms with Crippen LogP contribution in [0.25, 0.3) is 0 Å². The van der Waals surface area contributed by atoms with Gasteiger partial charge < -0.3 is 5.11 Å². The van der Waals surface area contributed by atoms with Crippen molar-refractivity contribution in [2.45, 2.75) is 32.6 Å². The van der Waals surface area contributed by atoms with E-state index in [1.807, 2.05) is 0 Å². The van der Waals surface area contributed by atoms with Crippen LogP contribution in [0.3, 0.4) is 0 Å². The number of imide groups is 1. The van der Waals surface area contributed by atoms with Gasteiger partial charge in [-0.15, -0.1) is 0 Å². The Kier molecular flexibility index (Phi) is 3.20. The predicted octanol–water partition coefficient (Wildman–Crippen LogP) is 2.35. The van der Waals surface area contributed by atoms with Crippen LogP contribution >= 0.6 is 0 Å². The molecule has 1 heterocycles. The van der Waals surface area contributed by atoms with Crippen LogP contribution in [0.1, 0.15) is 31.2 Å². The van der Waals surface area contributed by atoms with Crippen molar-refractivity contribution in [1.82, 2.24) is 0 Å². The fourth-order valence-electron chi connectivity index (χ4n) is 2.99. The van der Waals surface area contributed by atoms with Gasteiger partial charge in [-0.25, -0.2) is 4.90 Å². The fourth-order valence-corrected chi connectivity index (χ4v) is 2.99. The quantitative estimate of drug-likeness (QED) is 0.513. The van der Waals surface area contributed by atoms with E-state index in [9.17, 15) is 24.8 Å². The van der Waals surface area contributed by atoms with Crippen molar-refractivity contribution in [3.8, 4) is 5.75 Å². The summed E-state index contributed by atoms with van der Waals surface area (Å²) in [5, 5.41) is 21.2. The number of rotatable bonds is 2. The highest BCUT2D eigenvalue weighted by molar-refractivity contribution is 6.33. The summed E-state index contributed by atoms with van der Waals surface area (Å²) in [7, 11) is 0. The molecule has 7 heteroatoms. The number of benzene rings is 1. The highest BCUT2D eigenvalue weighted by Crippen LogP contribution is 2.43. The Morgan fingerprint density at radius 2 is 1.68 bits per heavy atom. The molecule has 1 aromatic carbocycles. The van der Waals surface area contributed by atoms with Gasteiger partial charge in [0.05, 0.1) is 4.92 Å². The summed E-state index contributed by atoms with van der Waals surface area (Å²) in [6.45, 7) is 1.52. The summed E-state index contributed by atoms with van der Waals surface area (Å²) in [4.78, 5) is 36.2. The van der Waals surface area contributed by atoms with Crippen molar-refractivity contribution in [3.05, 3.63) is 39.0 Å². The number of hydrogen-bond acceptors (Lipinski definition) is 5. The van der Waals surface area contributed by atoms with Crippen molar-refractivity contribution < 1.29 is 19.6 Å². The highest BCUT2D eigenvalue weighted by Gasteiger charge is 2.43. The molecule has 0 saturated carbocycles. The molecule has 1 N–H and O–H groups in total. The van der Waals surface area contributed by atoms with E-state index in [1.165, 1.54) is 19.1 Å². The summed E-state index contributed by atoms with van der Waals surface area (Å²) in [5.41, 5.74) is 0.433. The molecule has 0 unspecified atom stereocenters. The zero-order chi connectivity index (χ0) is 16.0. The predicted molar refractivity (Wildman–Crippen MR) is 77.5 cm³/mol. The summed E-state index contributed by atoms with van der Waals surface area (Å²) in [6.07, 6.45) is 2.68. The highest BCUT2D eigenvalue weighted by atomic mass is 16.6. The minimum absolute atomic E-state index is 0.169. The zero-order valence-electron chi connectivity index (χ0n) is 12.0. The van der Waals surface area contributed by atoms with E-state index < -0.39 is 28.2 Å². The molecule has 0 radical (unpaired) electrons. The Morgan fingerprint density at radius 3 is 2.18 bits per heavy atom. The molecule has 2 amide bonds. The molecule has 3 rings (SSSR count). The molecule has 2 aliphatic rings. The number of phenolic OH excluding ortho intramolecular Hbond substituents is 1. The second kappa shape index (κ2) is 4.94. The average Bonchev–Trinajstić information content (AvgIpc) is 2.74. The lowest BCUT2D eigenvalue weighted by Gasteiger charge is -2.16. The molecule has 1 aliphatic heterocycles. The SMILES string of the molecule is Cc1ccc(N2C(=O)C3=C(CCCC3)C2=O)c([N+](=O)[O-])c1O. The van der Waals surface area contributed by atoms with E-state index in [1.54, 1.807) is 0 Å². The van der Waals surface area contributed by atoms with Gasteiger partial charge in [0.2, 0.25) is 0 Å². The smallest absolute Gasteiger partial charge is 0.334 e. The van der Waals surface area contributed by atoms with Crippen LogP contribution in [-0.4, -0.2) is 21.8 Å². The van der Waals surface area contributed by atoms with Gasteiger partial charge in [-0.3, -0.25) is 19.7 Å². The van der Waals surface area contributed by atoms with Crippen LogP contribution in [-0.2, 0) is 9.59 Å². The fraction of sp³-hybridized carbons (Fsp3) is 0.333. The minimum atomic E-state index is -0.768. The molecular weight excluding hydrogens is 288 g/mol. The van der Waals surface area contributed by atoms with E-state index >= 15 is 0 Å². The summed E-state index contributed by atoms with van der Waals surface area (Å²) >= 11 is 0. The monoisotopic (exact) mass is 302 g/mol. The normalized spacial score (nSPS) is 18.0. The van der Waals surface area contributed by atoms with Gasteiger partial charge in [0.25, 0.3) is 11.8 Å². The lowest BCUT2D eigenvalue weighted by molar-refractivity contribution is -0.385. The minimum Gasteiger partial charge on any atom is -0.502 e. The molecule has 7 nitrogen and oxygen atoms in total. The topological polar surface area (TPSA) is 101 Å². The van der Waals surface area contributed by atoms with E-state index in [0.717, 1.165) is 17.7 Å². The average molecular weight is 302 g/mol. The third-order valence-electron chi connectivity index (χ3n) is 4.15. The van der Waals surface area contributed by atoms with Crippen molar-refractivity contribution in [2.75, 3.05) is 4.90 Å². The van der Waals surface area contributed by atoms with Gasteiger partial charge in [-0.2, -0.15) is 0 Å². The van der Waals surface area contributed by atoms with Crippen LogP contribution in [0.5, 0.6) is 5.75 Å². The maximum absolute atomic E-state index is 12.5. The summed E-state index contributed by atoms with van der Waals surface area (Å²) in [6, 6.07) is 2.79. The van der Waals surface area contributed by atoms with Gasteiger partial charge in [-0.05, 0) is 44.2 Å². The number of aryl methyl sites for hydroxylation is 1. The molecule has 0 aromatic heterocycles. The Bertz CT molecular complexity index is 723. The van der Waals surface area contributed by atoms with E-state index in [0.29, 0.717) is 29.6 Å². The first-order valence-corrected chi connectivity index (χ1v) is 7.01. The molecule has 114 valence electrons. The van der Waals surface area contributed by atoms with E-state index in [-0.39, 0.29) is 5.69 Å². The third kappa shape index (κ3) is 1.89. The number of anilines is 1. The maximum atomic E-state index is 12.5. The third-order valence-corrected chi connectivity index (χ3v) is 4.15. The second-order valence-corrected chi connectivity index (χ2v) is 5.47. The number of nitro groups is 1. The van der Waals surface area contributed by atoms with Crippen molar-refractivity contribution in [1.29, 1.82) is 0 Å². The molecule has 0 spiro atoms. The summed E-state index contributed by atoms with van der Waals surface area (Å²) < 4.78 is 0. The molecule has 22 heavy (non-hydrogen) atoms. The molecule has 0 atom stereocenters. The second-order valence-electron chi connectivity index (χ2n) is 5.47. The van der Waals surface area contributed by atoms with Gasteiger partial charge >= 0.3 is 5.69 Å². The first-order chi connectivity index (χ1) is 10.4. The van der Waals surface area contributed by atoms with E-state index in [2.05, 4.69) is 0 Å².